The van der Waals surface area contributed by atoms with Crippen LogP contribution in [0.4, 0.5) is 0 Å². The molecule has 0 radical (unpaired) electrons. The number of hydrogen-bond donors (Lipinski definition) is 1. The normalized spacial score (nSPS) is 10.7. The third kappa shape index (κ3) is 2.18. The van der Waals surface area contributed by atoms with E-state index in [1.165, 1.54) is 0 Å². The topological polar surface area (TPSA) is 49.9 Å². The van der Waals surface area contributed by atoms with E-state index in [9.17, 15) is 9.59 Å². The van der Waals surface area contributed by atoms with Crippen molar-refractivity contribution in [2.24, 2.45) is 0 Å². The SMILES string of the molecule is O=C(C(=O)c1c[nH]c2cc(Br)ccc12)c1ccccc1. The van der Waals surface area contributed by atoms with Gasteiger partial charge in [0.1, 0.15) is 0 Å². The maximum Gasteiger partial charge on any atom is 0.235 e. The minimum atomic E-state index is -0.496. The number of halogens is 1. The molecular weight excluding hydrogens is 318 g/mol. The molecule has 4 heteroatoms. The van der Waals surface area contributed by atoms with Crippen LogP contribution < -0.4 is 0 Å². The minimum absolute atomic E-state index is 0.404. The molecule has 1 aromatic heterocycles. The van der Waals surface area contributed by atoms with Crippen molar-refractivity contribution >= 4 is 38.4 Å². The smallest absolute Gasteiger partial charge is 0.235 e. The summed E-state index contributed by atoms with van der Waals surface area (Å²) in [5.41, 5.74) is 1.63. The van der Waals surface area contributed by atoms with E-state index >= 15 is 0 Å². The van der Waals surface area contributed by atoms with Crippen molar-refractivity contribution in [1.29, 1.82) is 0 Å². The lowest BCUT2D eigenvalue weighted by Gasteiger charge is -1.99. The van der Waals surface area contributed by atoms with Crippen molar-refractivity contribution in [2.45, 2.75) is 0 Å². The monoisotopic (exact) mass is 327 g/mol. The molecule has 0 amide bonds. The standard InChI is InChI=1S/C16H10BrNO2/c17-11-6-7-12-13(9-18-14(12)8-11)16(20)15(19)10-4-2-1-3-5-10/h1-9,18H. The first-order chi connectivity index (χ1) is 9.66. The zero-order valence-electron chi connectivity index (χ0n) is 10.4. The summed E-state index contributed by atoms with van der Waals surface area (Å²) in [5.74, 6) is -0.987. The third-order valence-electron chi connectivity index (χ3n) is 3.13. The molecule has 0 bridgehead atoms. The molecule has 98 valence electrons. The van der Waals surface area contributed by atoms with Crippen molar-refractivity contribution in [3.8, 4) is 0 Å². The van der Waals surface area contributed by atoms with Crippen LogP contribution in [-0.2, 0) is 0 Å². The van der Waals surface area contributed by atoms with Gasteiger partial charge in [-0.2, -0.15) is 0 Å². The Balaban J connectivity index is 2.03. The van der Waals surface area contributed by atoms with Crippen molar-refractivity contribution in [3.63, 3.8) is 0 Å². The maximum atomic E-state index is 12.3. The average Bonchev–Trinajstić information content (AvgIpc) is 2.89. The van der Waals surface area contributed by atoms with Crippen LogP contribution in [0.2, 0.25) is 0 Å². The van der Waals surface area contributed by atoms with E-state index < -0.39 is 11.6 Å². The molecule has 0 atom stereocenters. The minimum Gasteiger partial charge on any atom is -0.360 e. The second-order valence-corrected chi connectivity index (χ2v) is 5.33. The van der Waals surface area contributed by atoms with Gasteiger partial charge < -0.3 is 4.98 Å². The molecule has 0 aliphatic rings. The number of H-pyrrole nitrogens is 1. The Hall–Kier alpha value is -2.20. The number of benzene rings is 2. The number of fused-ring (bicyclic) bond motifs is 1. The highest BCUT2D eigenvalue weighted by Crippen LogP contribution is 2.23. The van der Waals surface area contributed by atoms with Crippen LogP contribution in [0.1, 0.15) is 20.7 Å². The van der Waals surface area contributed by atoms with Gasteiger partial charge in [0.15, 0.2) is 0 Å². The van der Waals surface area contributed by atoms with Gasteiger partial charge in [0.2, 0.25) is 11.6 Å². The van der Waals surface area contributed by atoms with Gasteiger partial charge in [-0.1, -0.05) is 52.3 Å². The molecule has 0 aliphatic carbocycles. The Labute approximate surface area is 123 Å². The zero-order chi connectivity index (χ0) is 14.1. The number of aromatic amines is 1. The van der Waals surface area contributed by atoms with Crippen LogP contribution in [0.3, 0.4) is 0 Å². The molecule has 0 fully saturated rings. The Morgan fingerprint density at radius 3 is 2.45 bits per heavy atom. The highest BCUT2D eigenvalue weighted by molar-refractivity contribution is 9.10. The largest absolute Gasteiger partial charge is 0.360 e. The van der Waals surface area contributed by atoms with Crippen molar-refractivity contribution in [3.05, 3.63) is 70.3 Å². The number of ketones is 2. The van der Waals surface area contributed by atoms with Gasteiger partial charge in [0.05, 0.1) is 5.56 Å². The second-order valence-electron chi connectivity index (χ2n) is 4.42. The summed E-state index contributed by atoms with van der Waals surface area (Å²) in [7, 11) is 0. The summed E-state index contributed by atoms with van der Waals surface area (Å²) in [5, 5.41) is 0.752. The Morgan fingerprint density at radius 2 is 1.70 bits per heavy atom. The maximum absolute atomic E-state index is 12.3. The molecule has 3 rings (SSSR count). The van der Waals surface area contributed by atoms with E-state index in [-0.39, 0.29) is 0 Å². The number of nitrogens with one attached hydrogen (secondary N) is 1. The lowest BCUT2D eigenvalue weighted by Crippen LogP contribution is -2.13. The van der Waals surface area contributed by atoms with E-state index in [1.807, 2.05) is 24.3 Å². The van der Waals surface area contributed by atoms with Crippen LogP contribution in [0.5, 0.6) is 0 Å². The Bertz CT molecular complexity index is 806. The first kappa shape index (κ1) is 12.8. The number of Topliss-reactive ketones (excluding diaryl/α,β-unsaturated/α-hetero) is 2. The fraction of sp³-hybridized carbons (Fsp3) is 0. The zero-order valence-corrected chi connectivity index (χ0v) is 12.0. The van der Waals surface area contributed by atoms with Crippen molar-refractivity contribution < 1.29 is 9.59 Å². The lowest BCUT2D eigenvalue weighted by molar-refractivity contribution is 0.0818. The lowest BCUT2D eigenvalue weighted by atomic mass is 10.0. The summed E-state index contributed by atoms with van der Waals surface area (Å²) < 4.78 is 0.917. The third-order valence-corrected chi connectivity index (χ3v) is 3.62. The molecule has 0 aliphatic heterocycles. The molecule has 0 unspecified atom stereocenters. The number of carbonyl (C=O) groups is 2. The molecule has 0 saturated carbocycles. The summed E-state index contributed by atoms with van der Waals surface area (Å²) in [6.45, 7) is 0. The first-order valence-electron chi connectivity index (χ1n) is 6.07. The van der Waals surface area contributed by atoms with Gasteiger partial charge >= 0.3 is 0 Å². The molecule has 1 N–H and O–H groups in total. The average molecular weight is 328 g/mol. The number of rotatable bonds is 3. The van der Waals surface area contributed by atoms with Gasteiger partial charge in [0.25, 0.3) is 0 Å². The van der Waals surface area contributed by atoms with E-state index in [0.29, 0.717) is 11.1 Å². The quantitative estimate of drug-likeness (QED) is 0.584. The predicted octanol–water partition coefficient (Wildman–Crippen LogP) is 4.00. The van der Waals surface area contributed by atoms with Gasteiger partial charge in [-0.25, -0.2) is 0 Å². The number of hydrogen-bond acceptors (Lipinski definition) is 2. The second kappa shape index (κ2) is 5.06. The summed E-state index contributed by atoms with van der Waals surface area (Å²) in [4.78, 5) is 27.5. The molecule has 3 nitrogen and oxygen atoms in total. The fourth-order valence-electron chi connectivity index (χ4n) is 2.13. The first-order valence-corrected chi connectivity index (χ1v) is 6.87. The van der Waals surface area contributed by atoms with Gasteiger partial charge in [-0.05, 0) is 12.1 Å². The predicted molar refractivity (Wildman–Crippen MR) is 81.1 cm³/mol. The van der Waals surface area contributed by atoms with Gasteiger partial charge in [-0.15, -0.1) is 0 Å². The van der Waals surface area contributed by atoms with Crippen LogP contribution in [0.15, 0.2) is 59.2 Å². The highest BCUT2D eigenvalue weighted by Gasteiger charge is 2.21. The molecule has 0 spiro atoms. The van der Waals surface area contributed by atoms with E-state index in [2.05, 4.69) is 20.9 Å². The van der Waals surface area contributed by atoms with Crippen LogP contribution >= 0.6 is 15.9 Å². The summed E-state index contributed by atoms with van der Waals surface area (Å²) >= 11 is 3.37. The van der Waals surface area contributed by atoms with Gasteiger partial charge in [0, 0.05) is 27.1 Å². The van der Waals surface area contributed by atoms with E-state index in [0.717, 1.165) is 15.4 Å². The number of aromatic nitrogens is 1. The van der Waals surface area contributed by atoms with Crippen molar-refractivity contribution in [1.82, 2.24) is 4.98 Å². The number of carbonyl (C=O) groups excluding carboxylic acids is 2. The molecule has 0 saturated heterocycles. The molecule has 20 heavy (non-hydrogen) atoms. The van der Waals surface area contributed by atoms with Crippen LogP contribution in [-0.4, -0.2) is 16.6 Å². The molecule has 3 aromatic rings. The fourth-order valence-corrected chi connectivity index (χ4v) is 2.49. The van der Waals surface area contributed by atoms with Crippen LogP contribution in [0.25, 0.3) is 10.9 Å². The Kier molecular flexibility index (Phi) is 3.24. The van der Waals surface area contributed by atoms with E-state index in [1.54, 1.807) is 30.5 Å². The summed E-state index contributed by atoms with van der Waals surface area (Å²) in [6.07, 6.45) is 1.58. The molecule has 2 aromatic carbocycles. The molecular formula is C16H10BrNO2. The highest BCUT2D eigenvalue weighted by atomic mass is 79.9. The summed E-state index contributed by atoms with van der Waals surface area (Å²) in [6, 6.07) is 14.1. The van der Waals surface area contributed by atoms with Crippen LogP contribution in [0, 0.1) is 0 Å². The van der Waals surface area contributed by atoms with Crippen molar-refractivity contribution in [2.75, 3.05) is 0 Å². The Morgan fingerprint density at radius 1 is 0.950 bits per heavy atom. The van der Waals surface area contributed by atoms with Gasteiger partial charge in [-0.3, -0.25) is 9.59 Å². The van der Waals surface area contributed by atoms with E-state index in [4.69, 9.17) is 0 Å². The molecule has 1 heterocycles.